The Balaban J connectivity index is 2.22. The van der Waals surface area contributed by atoms with E-state index in [-0.39, 0.29) is 0 Å². The number of likely N-dealkylation sites (N-methyl/N-ethyl adjacent to an activating group) is 1. The van der Waals surface area contributed by atoms with Crippen LogP contribution in [0.4, 0.5) is 0 Å². The maximum Gasteiger partial charge on any atom is 0.338 e. The van der Waals surface area contributed by atoms with Gasteiger partial charge in [0.2, 0.25) is 0 Å². The van der Waals surface area contributed by atoms with Gasteiger partial charge >= 0.3 is 17.9 Å². The second kappa shape index (κ2) is 10.7. The van der Waals surface area contributed by atoms with Gasteiger partial charge in [-0.25, -0.2) is 9.59 Å². The van der Waals surface area contributed by atoms with Gasteiger partial charge in [0.1, 0.15) is 11.8 Å². The van der Waals surface area contributed by atoms with Crippen LogP contribution in [0.25, 0.3) is 0 Å². The predicted octanol–water partition coefficient (Wildman–Crippen LogP) is 0.186. The number of carbonyl (C=O) groups is 3. The molecule has 168 valence electrons. The van der Waals surface area contributed by atoms with Crippen LogP contribution in [0.3, 0.4) is 0 Å². The Morgan fingerprint density at radius 1 is 1.13 bits per heavy atom. The van der Waals surface area contributed by atoms with Gasteiger partial charge in [0, 0.05) is 6.54 Å². The molecule has 3 N–H and O–H groups in total. The van der Waals surface area contributed by atoms with Crippen LogP contribution < -0.4 is 4.84 Å². The number of hydrogen-bond donors (Lipinski definition) is 3. The molecule has 2 rings (SSSR count). The molecule has 1 aromatic heterocycles. The fraction of sp³-hybridized carbons (Fsp3) is 0.400. The SMILES string of the molecule is CN(C)CCOC(c1ccccc1)c1ccnn1OC(=O)CC(O)(CC(=O)O)C(=O)O. The lowest BCUT2D eigenvalue weighted by Crippen LogP contribution is -2.44. The molecule has 0 fully saturated rings. The molecular weight excluding hydrogens is 410 g/mol. The van der Waals surface area contributed by atoms with Crippen molar-refractivity contribution in [3.8, 4) is 0 Å². The first-order valence-corrected chi connectivity index (χ1v) is 9.36. The van der Waals surface area contributed by atoms with Crippen molar-refractivity contribution in [3.63, 3.8) is 0 Å². The van der Waals surface area contributed by atoms with Gasteiger partial charge < -0.3 is 29.8 Å². The van der Waals surface area contributed by atoms with E-state index in [1.54, 1.807) is 6.07 Å². The Morgan fingerprint density at radius 2 is 1.81 bits per heavy atom. The molecule has 2 atom stereocenters. The number of carboxylic acids is 2. The second-order valence-corrected chi connectivity index (χ2v) is 7.14. The lowest BCUT2D eigenvalue weighted by molar-refractivity contribution is -0.172. The molecule has 11 nitrogen and oxygen atoms in total. The van der Waals surface area contributed by atoms with Crippen molar-refractivity contribution >= 4 is 17.9 Å². The quantitative estimate of drug-likeness (QED) is 0.421. The lowest BCUT2D eigenvalue weighted by Gasteiger charge is -2.22. The highest BCUT2D eigenvalue weighted by Crippen LogP contribution is 2.25. The zero-order valence-electron chi connectivity index (χ0n) is 17.2. The lowest BCUT2D eigenvalue weighted by atomic mass is 9.96. The van der Waals surface area contributed by atoms with Gasteiger partial charge in [0.25, 0.3) is 0 Å². The smallest absolute Gasteiger partial charge is 0.338 e. The molecule has 1 heterocycles. The van der Waals surface area contributed by atoms with Crippen molar-refractivity contribution in [2.24, 2.45) is 0 Å². The Morgan fingerprint density at radius 3 is 2.39 bits per heavy atom. The average molecular weight is 435 g/mol. The molecule has 0 spiro atoms. The highest BCUT2D eigenvalue weighted by Gasteiger charge is 2.42. The monoisotopic (exact) mass is 435 g/mol. The van der Waals surface area contributed by atoms with Gasteiger partial charge in [-0.05, 0) is 25.7 Å². The van der Waals surface area contributed by atoms with Crippen LogP contribution in [0, 0.1) is 0 Å². The molecule has 0 aliphatic heterocycles. The maximum absolute atomic E-state index is 12.3. The van der Waals surface area contributed by atoms with Gasteiger partial charge in [-0.15, -0.1) is 5.10 Å². The fourth-order valence-corrected chi connectivity index (χ4v) is 2.73. The molecule has 0 aliphatic carbocycles. The van der Waals surface area contributed by atoms with Crippen molar-refractivity contribution < 1.29 is 39.3 Å². The Bertz CT molecular complexity index is 899. The van der Waals surface area contributed by atoms with Crippen LogP contribution in [-0.2, 0) is 19.1 Å². The molecule has 0 aliphatic rings. The van der Waals surface area contributed by atoms with Crippen LogP contribution in [0.1, 0.15) is 30.2 Å². The van der Waals surface area contributed by atoms with Crippen molar-refractivity contribution in [1.82, 2.24) is 14.8 Å². The van der Waals surface area contributed by atoms with E-state index < -0.39 is 42.5 Å². The topological polar surface area (TPSA) is 151 Å². The third kappa shape index (κ3) is 6.88. The van der Waals surface area contributed by atoms with Crippen LogP contribution in [0.2, 0.25) is 0 Å². The zero-order valence-corrected chi connectivity index (χ0v) is 17.2. The Kier molecular flexibility index (Phi) is 8.25. The van der Waals surface area contributed by atoms with Crippen LogP contribution in [-0.4, -0.2) is 80.9 Å². The molecular formula is C20H25N3O8. The molecule has 0 amide bonds. The summed E-state index contributed by atoms with van der Waals surface area (Å²) in [6.45, 7) is 1.00. The number of aromatic nitrogens is 2. The summed E-state index contributed by atoms with van der Waals surface area (Å²) in [7, 11) is 3.79. The maximum atomic E-state index is 12.3. The molecule has 31 heavy (non-hydrogen) atoms. The minimum absolute atomic E-state index is 0.357. The van der Waals surface area contributed by atoms with E-state index in [0.717, 1.165) is 10.4 Å². The van der Waals surface area contributed by atoms with Gasteiger partial charge in [-0.1, -0.05) is 35.2 Å². The molecule has 1 aromatic carbocycles. The van der Waals surface area contributed by atoms with Gasteiger partial charge in [-0.2, -0.15) is 0 Å². The van der Waals surface area contributed by atoms with Gasteiger partial charge in [0.15, 0.2) is 5.60 Å². The van der Waals surface area contributed by atoms with E-state index in [0.29, 0.717) is 18.8 Å². The van der Waals surface area contributed by atoms with E-state index in [4.69, 9.17) is 19.8 Å². The van der Waals surface area contributed by atoms with E-state index in [9.17, 15) is 19.5 Å². The van der Waals surface area contributed by atoms with Crippen molar-refractivity contribution in [2.75, 3.05) is 27.2 Å². The molecule has 0 radical (unpaired) electrons. The first-order valence-electron chi connectivity index (χ1n) is 9.36. The number of carboxylic acid groups (broad SMARTS) is 2. The molecule has 2 aromatic rings. The standard InChI is InChI=1S/C20H25N3O8/c1-22(2)10-11-30-18(14-6-4-3-5-7-14)15-8-9-21-23(15)31-17(26)13-20(29,19(27)28)12-16(24)25/h3-9,18,29H,10-13H2,1-2H3,(H,24,25)(H,27,28). The van der Waals surface area contributed by atoms with Crippen LogP contribution in [0.15, 0.2) is 42.6 Å². The minimum atomic E-state index is -2.81. The molecule has 2 unspecified atom stereocenters. The number of aliphatic carboxylic acids is 2. The second-order valence-electron chi connectivity index (χ2n) is 7.14. The van der Waals surface area contributed by atoms with E-state index >= 15 is 0 Å². The molecule has 0 bridgehead atoms. The molecule has 11 heteroatoms. The fourth-order valence-electron chi connectivity index (χ4n) is 2.73. The summed E-state index contributed by atoms with van der Waals surface area (Å²) in [6.07, 6.45) is -1.52. The summed E-state index contributed by atoms with van der Waals surface area (Å²) in [5.41, 5.74) is -1.68. The van der Waals surface area contributed by atoms with Gasteiger partial charge in [-0.3, -0.25) is 4.79 Å². The molecule has 0 saturated carbocycles. The summed E-state index contributed by atoms with van der Waals surface area (Å²) in [5, 5.41) is 31.9. The third-order valence-corrected chi connectivity index (χ3v) is 4.30. The predicted molar refractivity (Wildman–Crippen MR) is 106 cm³/mol. The zero-order chi connectivity index (χ0) is 23.0. The summed E-state index contributed by atoms with van der Waals surface area (Å²) >= 11 is 0. The third-order valence-electron chi connectivity index (χ3n) is 4.30. The first kappa shape index (κ1) is 24.0. The van der Waals surface area contributed by atoms with E-state index in [2.05, 4.69) is 5.10 Å². The minimum Gasteiger partial charge on any atom is -0.481 e. The number of aliphatic hydroxyl groups is 1. The van der Waals surface area contributed by atoms with Crippen molar-refractivity contribution in [2.45, 2.75) is 24.5 Å². The number of nitrogens with zero attached hydrogens (tertiary/aromatic N) is 3. The van der Waals surface area contributed by atoms with Gasteiger partial charge in [0.05, 0.1) is 25.6 Å². The highest BCUT2D eigenvalue weighted by atomic mass is 16.7. The molecule has 0 saturated heterocycles. The average Bonchev–Trinajstić information content (AvgIpc) is 3.12. The van der Waals surface area contributed by atoms with Crippen molar-refractivity contribution in [1.29, 1.82) is 0 Å². The summed E-state index contributed by atoms with van der Waals surface area (Å²) in [6, 6.07) is 10.7. The number of hydrogen-bond acceptors (Lipinski definition) is 8. The first-order chi connectivity index (χ1) is 14.6. The van der Waals surface area contributed by atoms with Crippen molar-refractivity contribution in [3.05, 3.63) is 53.9 Å². The Labute approximate surface area is 178 Å². The largest absolute Gasteiger partial charge is 0.481 e. The highest BCUT2D eigenvalue weighted by molar-refractivity contribution is 5.88. The number of benzene rings is 1. The number of carbonyl (C=O) groups excluding carboxylic acids is 1. The van der Waals surface area contributed by atoms with E-state index in [1.165, 1.54) is 6.20 Å². The Hall–Kier alpha value is -3.28. The summed E-state index contributed by atoms with van der Waals surface area (Å²) in [4.78, 5) is 42.3. The summed E-state index contributed by atoms with van der Waals surface area (Å²) in [5.74, 6) is -4.59. The summed E-state index contributed by atoms with van der Waals surface area (Å²) < 4.78 is 5.98. The van der Waals surface area contributed by atoms with Crippen LogP contribution >= 0.6 is 0 Å². The van der Waals surface area contributed by atoms with E-state index in [1.807, 2.05) is 49.3 Å². The van der Waals surface area contributed by atoms with Crippen LogP contribution in [0.5, 0.6) is 0 Å². The number of rotatable bonds is 12. The normalized spacial score (nSPS) is 14.1. The number of ether oxygens (including phenoxy) is 1.